The average molecular weight is 827 g/mol. The van der Waals surface area contributed by atoms with Gasteiger partial charge in [0.25, 0.3) is 0 Å². The maximum absolute atomic E-state index is 14.6. The van der Waals surface area contributed by atoms with Crippen molar-refractivity contribution in [3.05, 3.63) is 35.9 Å². The van der Waals surface area contributed by atoms with Crippen LogP contribution in [0.1, 0.15) is 73.6 Å². The number of carboxylic acid groups (broad SMARTS) is 1. The summed E-state index contributed by atoms with van der Waals surface area (Å²) in [6.45, 7) is 19.4. The van der Waals surface area contributed by atoms with E-state index >= 15 is 0 Å². The van der Waals surface area contributed by atoms with Gasteiger partial charge in [-0.25, -0.2) is 14.6 Å². The van der Waals surface area contributed by atoms with Crippen LogP contribution in [0.15, 0.2) is 30.9 Å². The quantitative estimate of drug-likeness (QED) is 0.172. The van der Waals surface area contributed by atoms with Crippen molar-refractivity contribution >= 4 is 52.2 Å². The summed E-state index contributed by atoms with van der Waals surface area (Å²) in [5.41, 5.74) is -1.86. The number of fused-ring (bicyclic) bond motifs is 1. The van der Waals surface area contributed by atoms with Crippen molar-refractivity contribution in [3.63, 3.8) is 0 Å². The first kappa shape index (κ1) is 43.2. The Balaban J connectivity index is 1.27. The summed E-state index contributed by atoms with van der Waals surface area (Å²) in [5, 5.41) is 19.9. The van der Waals surface area contributed by atoms with Crippen LogP contribution in [-0.4, -0.2) is 126 Å². The summed E-state index contributed by atoms with van der Waals surface area (Å²) < 4.78 is 24.0. The molecule has 0 spiro atoms. The SMILES string of the molecule is C=C[C@@H]1C[C@]1(NC(=O)[C@@H]1C[C@@H](Oc2cc(NC(C)C)nc3c(Cl)c(OCCN4CCOCC4)ccc23)CN1C(=O)[C@@H](NC(=O)O[C@H]1CC[C@@H](C)C1)C(C)(C)C)C(=O)O. The standard InChI is InChI=1S/C42H59ClN6O9/c1-8-26-22-42(26,39(52)53)47-37(50)30-20-28(23-49(30)38(51)36(41(5,6)7)46-40(54)58-27-10-9-25(4)19-27)57-32-21-33(44-24(2)3)45-35-29(32)11-12-31(34(35)43)56-18-15-48-13-16-55-17-14-48/h8,11-12,21,24-28,30,36H,1,9-10,13-20,22-23H2,2-7H3,(H,44,45)(H,46,54)(H,47,50)(H,52,53)/t25-,26-,27+,28-,30+,36-,42-/m1/s1. The number of hydrogen-bond donors (Lipinski definition) is 4. The number of rotatable bonds is 15. The highest BCUT2D eigenvalue weighted by molar-refractivity contribution is 6.36. The molecule has 0 unspecified atom stereocenters. The van der Waals surface area contributed by atoms with Gasteiger partial charge >= 0.3 is 12.1 Å². The zero-order valence-corrected chi connectivity index (χ0v) is 35.2. The molecule has 58 heavy (non-hydrogen) atoms. The lowest BCUT2D eigenvalue weighted by atomic mass is 9.85. The molecule has 2 saturated carbocycles. The number of hydrogen-bond acceptors (Lipinski definition) is 11. The lowest BCUT2D eigenvalue weighted by Gasteiger charge is -2.35. The van der Waals surface area contributed by atoms with Crippen LogP contribution in [0.25, 0.3) is 10.9 Å². The summed E-state index contributed by atoms with van der Waals surface area (Å²) in [6.07, 6.45) is 2.53. The lowest BCUT2D eigenvalue weighted by molar-refractivity contribution is -0.146. The van der Waals surface area contributed by atoms with Crippen LogP contribution in [0.4, 0.5) is 10.6 Å². The molecule has 4 aliphatic rings. The summed E-state index contributed by atoms with van der Waals surface area (Å²) >= 11 is 6.98. The molecule has 4 fully saturated rings. The Kier molecular flexibility index (Phi) is 13.3. The third-order valence-corrected chi connectivity index (χ3v) is 11.9. The Hall–Kier alpha value is -4.34. The molecule has 15 nitrogen and oxygen atoms in total. The number of nitrogens with zero attached hydrogens (tertiary/aromatic N) is 3. The number of likely N-dealkylation sites (tertiary alicyclic amines) is 1. The highest BCUT2D eigenvalue weighted by Crippen LogP contribution is 2.45. The number of pyridine rings is 1. The number of aromatic nitrogens is 1. The highest BCUT2D eigenvalue weighted by Gasteiger charge is 2.61. The summed E-state index contributed by atoms with van der Waals surface area (Å²) in [5.74, 6) is -0.951. The number of morpholine rings is 1. The van der Waals surface area contributed by atoms with E-state index in [1.165, 1.54) is 11.0 Å². The number of carbonyl (C=O) groups excluding carboxylic acids is 3. The van der Waals surface area contributed by atoms with Crippen LogP contribution >= 0.6 is 11.6 Å². The number of anilines is 1. The minimum atomic E-state index is -1.52. The number of aliphatic carboxylic acids is 1. The Morgan fingerprint density at radius 1 is 1.12 bits per heavy atom. The lowest BCUT2D eigenvalue weighted by Crippen LogP contribution is -2.59. The van der Waals surface area contributed by atoms with Gasteiger partial charge in [0.15, 0.2) is 0 Å². The van der Waals surface area contributed by atoms with Gasteiger partial charge in [0.05, 0.1) is 25.3 Å². The van der Waals surface area contributed by atoms with Gasteiger partial charge in [-0.2, -0.15) is 0 Å². The topological polar surface area (TPSA) is 181 Å². The monoisotopic (exact) mass is 826 g/mol. The number of halogens is 1. The van der Waals surface area contributed by atoms with E-state index in [2.05, 4.69) is 34.4 Å². The zero-order chi connectivity index (χ0) is 41.9. The highest BCUT2D eigenvalue weighted by atomic mass is 35.5. The fourth-order valence-electron chi connectivity index (χ4n) is 8.15. The van der Waals surface area contributed by atoms with Crippen LogP contribution in [-0.2, 0) is 23.9 Å². The van der Waals surface area contributed by atoms with Gasteiger partial charge < -0.3 is 44.9 Å². The Labute approximate surface area is 345 Å². The van der Waals surface area contributed by atoms with Crippen LogP contribution in [0.2, 0.25) is 5.02 Å². The first-order valence-electron chi connectivity index (χ1n) is 20.4. The number of amides is 3. The van der Waals surface area contributed by atoms with E-state index in [-0.39, 0.29) is 31.5 Å². The fraction of sp³-hybridized carbons (Fsp3) is 0.643. The molecule has 2 aliphatic carbocycles. The van der Waals surface area contributed by atoms with E-state index in [4.69, 9.17) is 35.5 Å². The minimum absolute atomic E-state index is 0.0196. The van der Waals surface area contributed by atoms with E-state index in [1.54, 1.807) is 12.1 Å². The van der Waals surface area contributed by atoms with Crippen LogP contribution < -0.4 is 25.4 Å². The fourth-order valence-corrected chi connectivity index (χ4v) is 8.41. The normalized spacial score (nSPS) is 26.6. The zero-order valence-electron chi connectivity index (χ0n) is 34.5. The van der Waals surface area contributed by atoms with E-state index < -0.39 is 58.9 Å². The summed E-state index contributed by atoms with van der Waals surface area (Å²) in [7, 11) is 0. The molecule has 2 aliphatic heterocycles. The minimum Gasteiger partial charge on any atom is -0.491 e. The first-order valence-corrected chi connectivity index (χ1v) is 20.8. The van der Waals surface area contributed by atoms with E-state index in [1.807, 2.05) is 40.7 Å². The molecule has 3 amide bonds. The van der Waals surface area contributed by atoms with Gasteiger partial charge in [-0.3, -0.25) is 14.5 Å². The molecule has 0 bridgehead atoms. The van der Waals surface area contributed by atoms with Crippen molar-refractivity contribution in [1.29, 1.82) is 0 Å². The third-order valence-electron chi connectivity index (χ3n) is 11.5. The maximum atomic E-state index is 14.6. The van der Waals surface area contributed by atoms with E-state index in [0.717, 1.165) is 32.4 Å². The van der Waals surface area contributed by atoms with Crippen molar-refractivity contribution < 1.29 is 43.2 Å². The van der Waals surface area contributed by atoms with Gasteiger partial charge in [-0.15, -0.1) is 6.58 Å². The molecular formula is C42H59ClN6O9. The molecule has 1 aromatic heterocycles. The average Bonchev–Trinajstić information content (AvgIpc) is 3.47. The van der Waals surface area contributed by atoms with E-state index in [0.29, 0.717) is 65.5 Å². The maximum Gasteiger partial charge on any atom is 0.408 e. The molecule has 16 heteroatoms. The van der Waals surface area contributed by atoms with Gasteiger partial charge in [0, 0.05) is 49.5 Å². The van der Waals surface area contributed by atoms with Gasteiger partial charge in [-0.05, 0) is 63.0 Å². The second-order valence-corrected chi connectivity index (χ2v) is 17.9. The van der Waals surface area contributed by atoms with Crippen molar-refractivity contribution in [2.75, 3.05) is 51.3 Å². The smallest absolute Gasteiger partial charge is 0.408 e. The van der Waals surface area contributed by atoms with Crippen molar-refractivity contribution in [1.82, 2.24) is 25.4 Å². The first-order chi connectivity index (χ1) is 27.5. The largest absolute Gasteiger partial charge is 0.491 e. The van der Waals surface area contributed by atoms with Crippen LogP contribution in [0.3, 0.4) is 0 Å². The Morgan fingerprint density at radius 2 is 1.86 bits per heavy atom. The molecule has 3 heterocycles. The number of carboxylic acids is 1. The molecule has 318 valence electrons. The molecule has 4 N–H and O–H groups in total. The molecule has 2 aromatic rings. The van der Waals surface area contributed by atoms with Crippen molar-refractivity contribution in [3.8, 4) is 11.5 Å². The second kappa shape index (κ2) is 17.9. The summed E-state index contributed by atoms with van der Waals surface area (Å²) in [6, 6.07) is 3.18. The summed E-state index contributed by atoms with van der Waals surface area (Å²) in [4.78, 5) is 62.9. The Morgan fingerprint density at radius 3 is 2.48 bits per heavy atom. The predicted molar refractivity (Wildman–Crippen MR) is 219 cm³/mol. The number of benzene rings is 1. The molecular weight excluding hydrogens is 768 g/mol. The van der Waals surface area contributed by atoms with Gasteiger partial charge in [-0.1, -0.05) is 45.4 Å². The van der Waals surface area contributed by atoms with Gasteiger partial charge in [0.1, 0.15) is 58.8 Å². The molecule has 0 radical (unpaired) electrons. The van der Waals surface area contributed by atoms with Gasteiger partial charge in [0.2, 0.25) is 11.8 Å². The van der Waals surface area contributed by atoms with Crippen molar-refractivity contribution in [2.24, 2.45) is 17.3 Å². The predicted octanol–water partition coefficient (Wildman–Crippen LogP) is 5.24. The third kappa shape index (κ3) is 9.91. The number of carbonyl (C=O) groups is 4. The molecule has 7 atom stereocenters. The van der Waals surface area contributed by atoms with Crippen LogP contribution in [0.5, 0.6) is 11.5 Å². The molecule has 6 rings (SSSR count). The van der Waals surface area contributed by atoms with Crippen molar-refractivity contribution in [2.45, 2.75) is 110 Å². The number of alkyl carbamates (subject to hydrolysis) is 1. The number of ether oxygens (including phenoxy) is 4. The number of nitrogens with one attached hydrogen (secondary N) is 3. The second-order valence-electron chi connectivity index (χ2n) is 17.6. The molecule has 2 saturated heterocycles. The van der Waals surface area contributed by atoms with E-state index in [9.17, 15) is 24.3 Å². The molecule has 1 aromatic carbocycles. The van der Waals surface area contributed by atoms with Crippen LogP contribution in [0, 0.1) is 17.3 Å². The Bertz CT molecular complexity index is 1870.